The lowest BCUT2D eigenvalue weighted by Crippen LogP contribution is -2.43. The molecule has 1 aliphatic carbocycles. The van der Waals surface area contributed by atoms with E-state index in [2.05, 4.69) is 48.3 Å². The molecule has 4 rings (SSSR count). The van der Waals surface area contributed by atoms with E-state index in [1.165, 1.54) is 30.5 Å². The van der Waals surface area contributed by atoms with Crippen LogP contribution in [-0.4, -0.2) is 49.8 Å². The van der Waals surface area contributed by atoms with Crippen molar-refractivity contribution in [2.45, 2.75) is 71.3 Å². The molecule has 2 heterocycles. The predicted molar refractivity (Wildman–Crippen MR) is 120 cm³/mol. The van der Waals surface area contributed by atoms with Gasteiger partial charge < -0.3 is 20.1 Å². The van der Waals surface area contributed by atoms with Crippen molar-refractivity contribution in [2.24, 2.45) is 5.41 Å². The molecule has 1 aromatic rings. The standard InChI is InChI=1S/C12H20O2.C11H16N2.CH2O2/c1-2-6-10-9-12(11(13)14-10)7-4-3-5-8-12;1-10-2-4-11(5-3-10)13-8-6-12-7-9-13;2-1-3/h10H,2-9H2,1H3;2-5,12H,6-9H2,1H3;1H,(H,2,3). The van der Waals surface area contributed by atoms with Crippen molar-refractivity contribution >= 4 is 18.1 Å². The average molecular weight is 419 g/mol. The van der Waals surface area contributed by atoms with Gasteiger partial charge in [0.05, 0.1) is 5.41 Å². The lowest BCUT2D eigenvalue weighted by molar-refractivity contribution is -0.150. The third-order valence-electron chi connectivity index (χ3n) is 6.26. The summed E-state index contributed by atoms with van der Waals surface area (Å²) in [6.45, 7) is 8.50. The maximum Gasteiger partial charge on any atom is 0.312 e. The summed E-state index contributed by atoms with van der Waals surface area (Å²) < 4.78 is 5.46. The third-order valence-corrected chi connectivity index (χ3v) is 6.26. The number of hydrogen-bond donors (Lipinski definition) is 2. The van der Waals surface area contributed by atoms with Gasteiger partial charge in [-0.15, -0.1) is 0 Å². The second-order valence-corrected chi connectivity index (χ2v) is 8.54. The van der Waals surface area contributed by atoms with E-state index in [1.54, 1.807) is 0 Å². The van der Waals surface area contributed by atoms with E-state index < -0.39 is 0 Å². The number of carbonyl (C=O) groups excluding carboxylic acids is 1. The van der Waals surface area contributed by atoms with Crippen LogP contribution in [0.5, 0.6) is 0 Å². The normalized spacial score (nSPS) is 22.3. The fourth-order valence-corrected chi connectivity index (χ4v) is 4.64. The highest BCUT2D eigenvalue weighted by atomic mass is 16.6. The topological polar surface area (TPSA) is 78.9 Å². The van der Waals surface area contributed by atoms with Gasteiger partial charge in [-0.2, -0.15) is 0 Å². The van der Waals surface area contributed by atoms with Crippen molar-refractivity contribution in [3.05, 3.63) is 29.8 Å². The summed E-state index contributed by atoms with van der Waals surface area (Å²) in [7, 11) is 0. The molecule has 2 aliphatic heterocycles. The Morgan fingerprint density at radius 2 is 1.77 bits per heavy atom. The van der Waals surface area contributed by atoms with Crippen LogP contribution < -0.4 is 10.2 Å². The van der Waals surface area contributed by atoms with Crippen LogP contribution in [-0.2, 0) is 14.3 Å². The largest absolute Gasteiger partial charge is 0.483 e. The van der Waals surface area contributed by atoms with Gasteiger partial charge >= 0.3 is 5.97 Å². The van der Waals surface area contributed by atoms with Gasteiger partial charge in [0.25, 0.3) is 6.47 Å². The molecule has 3 aliphatic rings. The molecule has 6 nitrogen and oxygen atoms in total. The smallest absolute Gasteiger partial charge is 0.312 e. The Hall–Kier alpha value is -2.08. The quantitative estimate of drug-likeness (QED) is 0.567. The first kappa shape index (κ1) is 24.2. The Labute approximate surface area is 181 Å². The highest BCUT2D eigenvalue weighted by Gasteiger charge is 2.48. The zero-order valence-electron chi connectivity index (χ0n) is 18.6. The maximum atomic E-state index is 11.8. The Morgan fingerprint density at radius 1 is 1.17 bits per heavy atom. The highest BCUT2D eigenvalue weighted by Crippen LogP contribution is 2.46. The summed E-state index contributed by atoms with van der Waals surface area (Å²) in [6.07, 6.45) is 9.28. The molecule has 6 heteroatoms. The molecule has 0 bridgehead atoms. The van der Waals surface area contributed by atoms with Crippen molar-refractivity contribution in [1.82, 2.24) is 5.32 Å². The van der Waals surface area contributed by atoms with Gasteiger partial charge in [-0.1, -0.05) is 50.3 Å². The van der Waals surface area contributed by atoms with Gasteiger partial charge in [0, 0.05) is 38.3 Å². The summed E-state index contributed by atoms with van der Waals surface area (Å²) >= 11 is 0. The molecular weight excluding hydrogens is 380 g/mol. The van der Waals surface area contributed by atoms with Gasteiger partial charge in [-0.05, 0) is 38.3 Å². The van der Waals surface area contributed by atoms with Gasteiger partial charge in [-0.25, -0.2) is 0 Å². The minimum atomic E-state index is -0.250. The molecule has 30 heavy (non-hydrogen) atoms. The van der Waals surface area contributed by atoms with Crippen LogP contribution in [0.3, 0.4) is 0 Å². The Morgan fingerprint density at radius 3 is 2.33 bits per heavy atom. The number of ether oxygens (including phenoxy) is 1. The molecule has 1 aromatic carbocycles. The summed E-state index contributed by atoms with van der Waals surface area (Å²) in [6, 6.07) is 8.77. The van der Waals surface area contributed by atoms with E-state index in [0.29, 0.717) is 0 Å². The number of rotatable bonds is 3. The molecule has 2 saturated heterocycles. The van der Waals surface area contributed by atoms with Crippen LogP contribution >= 0.6 is 0 Å². The molecule has 1 saturated carbocycles. The minimum absolute atomic E-state index is 0.0575. The number of nitrogens with one attached hydrogen (secondary N) is 1. The van der Waals surface area contributed by atoms with Crippen LogP contribution in [0.25, 0.3) is 0 Å². The SMILES string of the molecule is CCCC1CC2(CCCCC2)C(=O)O1.Cc1ccc(N2CCNCC2)cc1.O=CO. The van der Waals surface area contributed by atoms with Crippen molar-refractivity contribution in [2.75, 3.05) is 31.1 Å². The Kier molecular flexibility index (Phi) is 10.1. The molecular formula is C24H38N2O4. The molecule has 1 unspecified atom stereocenters. The number of cyclic esters (lactones) is 1. The number of aryl methyl sites for hydroxylation is 1. The fraction of sp³-hybridized carbons (Fsp3) is 0.667. The first-order valence-corrected chi connectivity index (χ1v) is 11.4. The average Bonchev–Trinajstić information content (AvgIpc) is 3.05. The number of carbonyl (C=O) groups is 2. The van der Waals surface area contributed by atoms with Crippen LogP contribution in [0.2, 0.25) is 0 Å². The summed E-state index contributed by atoms with van der Waals surface area (Å²) in [5.74, 6) is 0.107. The molecule has 0 aromatic heterocycles. The molecule has 1 spiro atoms. The van der Waals surface area contributed by atoms with Crippen molar-refractivity contribution in [1.29, 1.82) is 0 Å². The second-order valence-electron chi connectivity index (χ2n) is 8.54. The number of esters is 1. The molecule has 2 N–H and O–H groups in total. The number of carboxylic acid groups (broad SMARTS) is 1. The maximum absolute atomic E-state index is 11.8. The Bertz CT molecular complexity index is 635. The number of benzene rings is 1. The molecule has 3 fully saturated rings. The van der Waals surface area contributed by atoms with Crippen molar-refractivity contribution in [3.8, 4) is 0 Å². The minimum Gasteiger partial charge on any atom is -0.483 e. The molecule has 1 atom stereocenters. The number of hydrogen-bond acceptors (Lipinski definition) is 5. The molecule has 0 radical (unpaired) electrons. The predicted octanol–water partition coefficient (Wildman–Crippen LogP) is 4.16. The zero-order valence-corrected chi connectivity index (χ0v) is 18.6. The monoisotopic (exact) mass is 418 g/mol. The van der Waals surface area contributed by atoms with Crippen LogP contribution in [0.1, 0.15) is 63.9 Å². The third kappa shape index (κ3) is 7.01. The molecule has 0 amide bonds. The van der Waals surface area contributed by atoms with Crippen molar-refractivity contribution < 1.29 is 19.4 Å². The van der Waals surface area contributed by atoms with Crippen LogP contribution in [0.15, 0.2) is 24.3 Å². The van der Waals surface area contributed by atoms with E-state index in [1.807, 2.05) is 0 Å². The van der Waals surface area contributed by atoms with E-state index in [-0.39, 0.29) is 24.0 Å². The number of piperazine rings is 1. The first-order chi connectivity index (χ1) is 14.5. The first-order valence-electron chi connectivity index (χ1n) is 11.4. The second kappa shape index (κ2) is 12.6. The Balaban J connectivity index is 0.000000190. The van der Waals surface area contributed by atoms with Gasteiger partial charge in [-0.3, -0.25) is 9.59 Å². The number of anilines is 1. The fourth-order valence-electron chi connectivity index (χ4n) is 4.64. The van der Waals surface area contributed by atoms with E-state index in [9.17, 15) is 4.79 Å². The summed E-state index contributed by atoms with van der Waals surface area (Å²) in [5.41, 5.74) is 2.63. The lowest BCUT2D eigenvalue weighted by atomic mass is 9.72. The number of nitrogens with zero attached hydrogens (tertiary/aromatic N) is 1. The van der Waals surface area contributed by atoms with Gasteiger partial charge in [0.2, 0.25) is 0 Å². The van der Waals surface area contributed by atoms with Crippen LogP contribution in [0.4, 0.5) is 5.69 Å². The van der Waals surface area contributed by atoms with E-state index >= 15 is 0 Å². The van der Waals surface area contributed by atoms with Gasteiger partial charge in [0.1, 0.15) is 6.10 Å². The van der Waals surface area contributed by atoms with E-state index in [4.69, 9.17) is 14.6 Å². The summed E-state index contributed by atoms with van der Waals surface area (Å²) in [5, 5.41) is 10.2. The zero-order chi connectivity index (χ0) is 21.8. The van der Waals surface area contributed by atoms with Crippen molar-refractivity contribution in [3.63, 3.8) is 0 Å². The van der Waals surface area contributed by atoms with E-state index in [0.717, 1.165) is 58.3 Å². The molecule has 168 valence electrons. The lowest BCUT2D eigenvalue weighted by Gasteiger charge is -2.29. The van der Waals surface area contributed by atoms with Gasteiger partial charge in [0.15, 0.2) is 0 Å². The van der Waals surface area contributed by atoms with Crippen LogP contribution in [0, 0.1) is 12.3 Å². The summed E-state index contributed by atoms with van der Waals surface area (Å²) in [4.78, 5) is 22.6. The highest BCUT2D eigenvalue weighted by molar-refractivity contribution is 5.79.